The molecule has 1 aromatic heterocycles. The quantitative estimate of drug-likeness (QED) is 0.803. The number of hydrogen-bond acceptors (Lipinski definition) is 6. The van der Waals surface area contributed by atoms with Crippen molar-refractivity contribution in [3.05, 3.63) is 11.1 Å². The SMILES string of the molecule is CCSc1nc(C#N)cs1.COC(N)=O. The molecule has 1 heterocycles. The summed E-state index contributed by atoms with van der Waals surface area (Å²) < 4.78 is 4.87. The lowest BCUT2D eigenvalue weighted by atomic mass is 10.6. The highest BCUT2D eigenvalue weighted by Crippen LogP contribution is 2.21. The summed E-state index contributed by atoms with van der Waals surface area (Å²) >= 11 is 3.20. The van der Waals surface area contributed by atoms with Crippen LogP contribution in [-0.2, 0) is 4.74 Å². The van der Waals surface area contributed by atoms with Crippen molar-refractivity contribution in [1.82, 2.24) is 4.98 Å². The Labute approximate surface area is 96.3 Å². The molecule has 82 valence electrons. The van der Waals surface area contributed by atoms with E-state index in [1.54, 1.807) is 17.1 Å². The summed E-state index contributed by atoms with van der Waals surface area (Å²) in [6.07, 6.45) is -0.745. The van der Waals surface area contributed by atoms with Gasteiger partial charge in [0.2, 0.25) is 0 Å². The highest BCUT2D eigenvalue weighted by molar-refractivity contribution is 8.00. The number of nitrogens with zero attached hydrogens (tertiary/aromatic N) is 2. The molecule has 1 amide bonds. The maximum atomic E-state index is 9.37. The van der Waals surface area contributed by atoms with E-state index in [0.717, 1.165) is 10.1 Å². The molecule has 0 aliphatic heterocycles. The zero-order chi connectivity index (χ0) is 11.7. The van der Waals surface area contributed by atoms with E-state index in [-0.39, 0.29) is 0 Å². The number of carbonyl (C=O) groups is 1. The summed E-state index contributed by atoms with van der Waals surface area (Å²) in [5.74, 6) is 1.01. The molecule has 0 spiro atoms. The van der Waals surface area contributed by atoms with Gasteiger partial charge in [-0.25, -0.2) is 9.78 Å². The van der Waals surface area contributed by atoms with Gasteiger partial charge in [-0.05, 0) is 5.75 Å². The van der Waals surface area contributed by atoms with Crippen LogP contribution in [0.4, 0.5) is 4.79 Å². The van der Waals surface area contributed by atoms with E-state index in [4.69, 9.17) is 5.26 Å². The molecule has 0 radical (unpaired) electrons. The Bertz CT molecular complexity index is 346. The van der Waals surface area contributed by atoms with Gasteiger partial charge in [0, 0.05) is 5.38 Å². The molecule has 2 N–H and O–H groups in total. The van der Waals surface area contributed by atoms with E-state index in [0.29, 0.717) is 5.69 Å². The fourth-order valence-electron chi connectivity index (χ4n) is 0.498. The second-order valence-corrected chi connectivity index (χ2v) is 4.44. The number of hydrogen-bond donors (Lipinski definition) is 1. The van der Waals surface area contributed by atoms with Crippen LogP contribution in [0, 0.1) is 11.3 Å². The zero-order valence-electron chi connectivity index (χ0n) is 8.39. The number of thioether (sulfide) groups is 1. The number of nitriles is 1. The fraction of sp³-hybridized carbons (Fsp3) is 0.375. The normalized spacial score (nSPS) is 8.33. The van der Waals surface area contributed by atoms with Crippen LogP contribution < -0.4 is 5.73 Å². The van der Waals surface area contributed by atoms with Gasteiger partial charge in [-0.3, -0.25) is 0 Å². The molecule has 0 aliphatic carbocycles. The van der Waals surface area contributed by atoms with Crippen molar-refractivity contribution in [2.24, 2.45) is 5.73 Å². The maximum absolute atomic E-state index is 9.37. The lowest BCUT2D eigenvalue weighted by Crippen LogP contribution is -2.08. The number of primary amides is 1. The molecule has 0 fully saturated rings. The molecule has 7 heteroatoms. The monoisotopic (exact) mass is 245 g/mol. The Kier molecular flexibility index (Phi) is 7.40. The summed E-state index contributed by atoms with van der Waals surface area (Å²) in [6.45, 7) is 2.07. The number of nitrogens with two attached hydrogens (primary N) is 1. The average molecular weight is 245 g/mol. The van der Waals surface area contributed by atoms with Gasteiger partial charge >= 0.3 is 6.09 Å². The number of aromatic nitrogens is 1. The first-order chi connectivity index (χ1) is 7.13. The van der Waals surface area contributed by atoms with Crippen molar-refractivity contribution in [2.75, 3.05) is 12.9 Å². The molecule has 0 saturated carbocycles. The molecule has 0 unspecified atom stereocenters. The first-order valence-corrected chi connectivity index (χ1v) is 5.82. The predicted molar refractivity (Wildman–Crippen MR) is 59.8 cm³/mol. The summed E-state index contributed by atoms with van der Waals surface area (Å²) in [7, 11) is 1.22. The van der Waals surface area contributed by atoms with Crippen molar-refractivity contribution in [1.29, 1.82) is 5.26 Å². The lowest BCUT2D eigenvalue weighted by Gasteiger charge is -1.84. The minimum Gasteiger partial charge on any atom is -0.453 e. The van der Waals surface area contributed by atoms with Gasteiger partial charge in [0.15, 0.2) is 10.0 Å². The van der Waals surface area contributed by atoms with Crippen LogP contribution in [0.25, 0.3) is 0 Å². The first-order valence-electron chi connectivity index (χ1n) is 3.95. The van der Waals surface area contributed by atoms with E-state index < -0.39 is 6.09 Å². The summed E-state index contributed by atoms with van der Waals surface area (Å²) in [4.78, 5) is 13.4. The topological polar surface area (TPSA) is 89.0 Å². The molecule has 0 saturated heterocycles. The van der Waals surface area contributed by atoms with E-state index in [2.05, 4.69) is 22.4 Å². The van der Waals surface area contributed by atoms with Gasteiger partial charge in [0.25, 0.3) is 0 Å². The van der Waals surface area contributed by atoms with Crippen molar-refractivity contribution in [2.45, 2.75) is 11.3 Å². The van der Waals surface area contributed by atoms with E-state index >= 15 is 0 Å². The molecule has 0 atom stereocenters. The van der Waals surface area contributed by atoms with Gasteiger partial charge in [-0.2, -0.15) is 5.26 Å². The number of ether oxygens (including phenoxy) is 1. The van der Waals surface area contributed by atoms with Crippen molar-refractivity contribution < 1.29 is 9.53 Å². The average Bonchev–Trinajstić information content (AvgIpc) is 2.67. The third-order valence-corrected chi connectivity index (χ3v) is 2.97. The first kappa shape index (κ1) is 13.7. The van der Waals surface area contributed by atoms with Gasteiger partial charge < -0.3 is 10.5 Å². The van der Waals surface area contributed by atoms with Crippen LogP contribution in [0.5, 0.6) is 0 Å². The number of rotatable bonds is 2. The third-order valence-electron chi connectivity index (χ3n) is 1.07. The maximum Gasteiger partial charge on any atom is 0.404 e. The Morgan fingerprint density at radius 3 is 2.80 bits per heavy atom. The molecule has 15 heavy (non-hydrogen) atoms. The number of methoxy groups -OCH3 is 1. The van der Waals surface area contributed by atoms with E-state index in [9.17, 15) is 4.79 Å². The summed E-state index contributed by atoms with van der Waals surface area (Å²) in [6, 6.07) is 1.99. The van der Waals surface area contributed by atoms with Crippen LogP contribution in [0.3, 0.4) is 0 Å². The Hall–Kier alpha value is -1.26. The lowest BCUT2D eigenvalue weighted by molar-refractivity contribution is 0.182. The zero-order valence-corrected chi connectivity index (χ0v) is 10.0. The molecule has 0 bridgehead atoms. The summed E-state index contributed by atoms with van der Waals surface area (Å²) in [5.41, 5.74) is 4.96. The number of carbonyl (C=O) groups excluding carboxylic acids is 1. The Morgan fingerprint density at radius 2 is 2.47 bits per heavy atom. The van der Waals surface area contributed by atoms with Gasteiger partial charge in [0.1, 0.15) is 6.07 Å². The van der Waals surface area contributed by atoms with Crippen molar-refractivity contribution in [3.63, 3.8) is 0 Å². The van der Waals surface area contributed by atoms with E-state index in [1.807, 2.05) is 6.07 Å². The largest absolute Gasteiger partial charge is 0.453 e. The predicted octanol–water partition coefficient (Wildman–Crippen LogP) is 1.84. The highest BCUT2D eigenvalue weighted by atomic mass is 32.2. The van der Waals surface area contributed by atoms with Gasteiger partial charge in [-0.15, -0.1) is 11.3 Å². The number of thiazole rings is 1. The van der Waals surface area contributed by atoms with Crippen molar-refractivity contribution >= 4 is 29.2 Å². The minimum absolute atomic E-state index is 0.529. The van der Waals surface area contributed by atoms with Crippen molar-refractivity contribution in [3.8, 4) is 6.07 Å². The molecule has 0 aromatic carbocycles. The fourth-order valence-corrected chi connectivity index (χ4v) is 2.15. The summed E-state index contributed by atoms with van der Waals surface area (Å²) in [5, 5.41) is 10.2. The molecular formula is C8H11N3O2S2. The molecule has 1 aromatic rings. The Morgan fingerprint density at radius 1 is 1.87 bits per heavy atom. The van der Waals surface area contributed by atoms with Gasteiger partial charge in [0.05, 0.1) is 7.11 Å². The van der Waals surface area contributed by atoms with E-state index in [1.165, 1.54) is 18.4 Å². The van der Waals surface area contributed by atoms with Crippen LogP contribution in [0.1, 0.15) is 12.6 Å². The Balaban J connectivity index is 0.000000336. The molecule has 1 rings (SSSR count). The van der Waals surface area contributed by atoms with Crippen LogP contribution in [0.2, 0.25) is 0 Å². The highest BCUT2D eigenvalue weighted by Gasteiger charge is 1.98. The minimum atomic E-state index is -0.745. The molecule has 5 nitrogen and oxygen atoms in total. The molecule has 0 aliphatic rings. The van der Waals surface area contributed by atoms with Crippen LogP contribution in [-0.4, -0.2) is 23.9 Å². The molecular weight excluding hydrogens is 234 g/mol. The van der Waals surface area contributed by atoms with Crippen LogP contribution in [0.15, 0.2) is 9.72 Å². The van der Waals surface area contributed by atoms with Gasteiger partial charge in [-0.1, -0.05) is 18.7 Å². The standard InChI is InChI=1S/C6H6N2S2.C2H5NO2/c1-2-9-6-8-5(3-7)4-10-6;1-5-2(3)4/h4H,2H2,1H3;1H3,(H2,3,4). The van der Waals surface area contributed by atoms with Crippen LogP contribution >= 0.6 is 23.1 Å². The smallest absolute Gasteiger partial charge is 0.404 e. The third kappa shape index (κ3) is 6.76. The second kappa shape index (κ2) is 8.08. The second-order valence-electron chi connectivity index (χ2n) is 2.07. The number of amides is 1.